The van der Waals surface area contributed by atoms with E-state index in [2.05, 4.69) is 10.3 Å². The number of oxazole rings is 1. The van der Waals surface area contributed by atoms with Gasteiger partial charge in [0.05, 0.1) is 18.7 Å². The van der Waals surface area contributed by atoms with Crippen molar-refractivity contribution in [3.05, 3.63) is 29.7 Å². The maximum atomic E-state index is 12.5. The van der Waals surface area contributed by atoms with Crippen LogP contribution in [-0.4, -0.2) is 25.2 Å². The molecular weight excluding hydrogens is 261 g/mol. The Labute approximate surface area is 107 Å². The van der Waals surface area contributed by atoms with Gasteiger partial charge in [-0.2, -0.15) is 13.2 Å². The summed E-state index contributed by atoms with van der Waals surface area (Å²) in [5.74, 6) is 0.352. The van der Waals surface area contributed by atoms with E-state index in [1.165, 1.54) is 6.07 Å². The molecule has 104 valence electrons. The van der Waals surface area contributed by atoms with Crippen molar-refractivity contribution in [3.63, 3.8) is 0 Å². The number of ether oxygens (including phenoxy) is 1. The molecule has 0 saturated carbocycles. The lowest BCUT2D eigenvalue weighted by Gasteiger charge is -2.04. The average Bonchev–Trinajstić information content (AvgIpc) is 2.75. The van der Waals surface area contributed by atoms with E-state index in [0.717, 1.165) is 12.1 Å². The van der Waals surface area contributed by atoms with Crippen LogP contribution in [0.25, 0.3) is 11.1 Å². The summed E-state index contributed by atoms with van der Waals surface area (Å²) in [7, 11) is 1.58. The lowest BCUT2D eigenvalue weighted by molar-refractivity contribution is -0.137. The molecule has 0 radical (unpaired) electrons. The molecule has 0 amide bonds. The van der Waals surface area contributed by atoms with Crippen LogP contribution >= 0.6 is 0 Å². The van der Waals surface area contributed by atoms with Crippen molar-refractivity contribution in [2.75, 3.05) is 20.3 Å². The Morgan fingerprint density at radius 3 is 2.84 bits per heavy atom. The minimum absolute atomic E-state index is 0.207. The molecule has 0 aliphatic carbocycles. The summed E-state index contributed by atoms with van der Waals surface area (Å²) in [6.45, 7) is 1.50. The Morgan fingerprint density at radius 2 is 2.16 bits per heavy atom. The van der Waals surface area contributed by atoms with Gasteiger partial charge in [0.25, 0.3) is 0 Å². The Hall–Kier alpha value is -1.60. The predicted octanol–water partition coefficient (Wildman–Crippen LogP) is 2.58. The second kappa shape index (κ2) is 5.58. The highest BCUT2D eigenvalue weighted by Crippen LogP contribution is 2.31. The molecule has 1 heterocycles. The monoisotopic (exact) mass is 274 g/mol. The van der Waals surface area contributed by atoms with Crippen LogP contribution in [0.1, 0.15) is 11.5 Å². The molecular formula is C12H13F3N2O2. The molecule has 2 rings (SSSR count). The Bertz CT molecular complexity index is 551. The van der Waals surface area contributed by atoms with Crippen LogP contribution in [-0.2, 0) is 17.5 Å². The summed E-state index contributed by atoms with van der Waals surface area (Å²) in [5.41, 5.74) is -0.179. The highest BCUT2D eigenvalue weighted by atomic mass is 19.4. The molecule has 0 atom stereocenters. The molecule has 1 N–H and O–H groups in total. The van der Waals surface area contributed by atoms with Crippen LogP contribution in [0.4, 0.5) is 13.2 Å². The van der Waals surface area contributed by atoms with Crippen LogP contribution < -0.4 is 5.32 Å². The second-order valence-electron chi connectivity index (χ2n) is 3.96. The fourth-order valence-electron chi connectivity index (χ4n) is 1.60. The quantitative estimate of drug-likeness (QED) is 0.851. The molecule has 0 spiro atoms. The summed E-state index contributed by atoms with van der Waals surface area (Å²) in [5, 5.41) is 3.00. The van der Waals surface area contributed by atoms with E-state index in [9.17, 15) is 13.2 Å². The number of nitrogens with zero attached hydrogens (tertiary/aromatic N) is 1. The molecule has 0 fully saturated rings. The maximum Gasteiger partial charge on any atom is 0.416 e. The third-order valence-electron chi connectivity index (χ3n) is 2.52. The Balaban J connectivity index is 2.12. The van der Waals surface area contributed by atoms with E-state index in [0.29, 0.717) is 31.2 Å². The van der Waals surface area contributed by atoms with Crippen molar-refractivity contribution in [2.45, 2.75) is 12.7 Å². The standard InChI is InChI=1S/C12H13F3N2O2/c1-18-5-4-16-7-11-17-9-6-8(12(13,14)15)2-3-10(9)19-11/h2-3,6,16H,4-5,7H2,1H3. The number of hydrogen-bond acceptors (Lipinski definition) is 4. The maximum absolute atomic E-state index is 12.5. The zero-order valence-corrected chi connectivity index (χ0v) is 10.3. The molecule has 0 aliphatic heterocycles. The van der Waals surface area contributed by atoms with Crippen molar-refractivity contribution in [2.24, 2.45) is 0 Å². The van der Waals surface area contributed by atoms with Crippen molar-refractivity contribution in [1.82, 2.24) is 10.3 Å². The molecule has 0 saturated heterocycles. The molecule has 7 heteroatoms. The van der Waals surface area contributed by atoms with Gasteiger partial charge in [-0.25, -0.2) is 4.98 Å². The lowest BCUT2D eigenvalue weighted by Crippen LogP contribution is -2.18. The number of alkyl halides is 3. The number of fused-ring (bicyclic) bond motifs is 1. The SMILES string of the molecule is COCCNCc1nc2cc(C(F)(F)F)ccc2o1. The molecule has 4 nitrogen and oxygen atoms in total. The smallest absolute Gasteiger partial charge is 0.416 e. The number of halogens is 3. The predicted molar refractivity (Wildman–Crippen MR) is 62.6 cm³/mol. The van der Waals surface area contributed by atoms with Crippen molar-refractivity contribution in [3.8, 4) is 0 Å². The van der Waals surface area contributed by atoms with Crippen molar-refractivity contribution in [1.29, 1.82) is 0 Å². The summed E-state index contributed by atoms with van der Waals surface area (Å²) in [4.78, 5) is 4.01. The minimum Gasteiger partial charge on any atom is -0.439 e. The highest BCUT2D eigenvalue weighted by molar-refractivity contribution is 5.73. The van der Waals surface area contributed by atoms with Gasteiger partial charge >= 0.3 is 6.18 Å². The zero-order chi connectivity index (χ0) is 13.9. The van der Waals surface area contributed by atoms with Crippen LogP contribution in [0.5, 0.6) is 0 Å². The first-order chi connectivity index (χ1) is 9.00. The van der Waals surface area contributed by atoms with Crippen LogP contribution in [0.15, 0.2) is 22.6 Å². The van der Waals surface area contributed by atoms with Gasteiger partial charge in [0.1, 0.15) is 5.52 Å². The fourth-order valence-corrected chi connectivity index (χ4v) is 1.60. The second-order valence-corrected chi connectivity index (χ2v) is 3.96. The number of methoxy groups -OCH3 is 1. The minimum atomic E-state index is -4.37. The first kappa shape index (κ1) is 13.8. The van der Waals surface area contributed by atoms with Crippen LogP contribution in [0, 0.1) is 0 Å². The van der Waals surface area contributed by atoms with Gasteiger partial charge in [0.2, 0.25) is 5.89 Å². The van der Waals surface area contributed by atoms with Gasteiger partial charge in [-0.1, -0.05) is 0 Å². The number of nitrogens with one attached hydrogen (secondary N) is 1. The number of rotatable bonds is 5. The summed E-state index contributed by atoms with van der Waals surface area (Å²) in [6, 6.07) is 3.25. The largest absolute Gasteiger partial charge is 0.439 e. The molecule has 0 aliphatic rings. The fraction of sp³-hybridized carbons (Fsp3) is 0.417. The summed E-state index contributed by atoms with van der Waals surface area (Å²) in [6.07, 6.45) is -4.37. The third kappa shape index (κ3) is 3.45. The normalized spacial score (nSPS) is 12.2. The Morgan fingerprint density at radius 1 is 1.37 bits per heavy atom. The summed E-state index contributed by atoms with van der Waals surface area (Å²) < 4.78 is 47.8. The molecule has 19 heavy (non-hydrogen) atoms. The van der Waals surface area contributed by atoms with Gasteiger partial charge in [-0.05, 0) is 18.2 Å². The van der Waals surface area contributed by atoms with E-state index < -0.39 is 11.7 Å². The molecule has 0 bridgehead atoms. The van der Waals surface area contributed by atoms with E-state index in [1.54, 1.807) is 7.11 Å². The van der Waals surface area contributed by atoms with E-state index >= 15 is 0 Å². The average molecular weight is 274 g/mol. The first-order valence-electron chi connectivity index (χ1n) is 5.67. The van der Waals surface area contributed by atoms with Gasteiger partial charge in [-0.3, -0.25) is 0 Å². The van der Waals surface area contributed by atoms with Crippen molar-refractivity contribution < 1.29 is 22.3 Å². The van der Waals surface area contributed by atoms with E-state index in [-0.39, 0.29) is 5.52 Å². The molecule has 1 aromatic heterocycles. The number of benzene rings is 1. The Kier molecular flexibility index (Phi) is 4.06. The van der Waals surface area contributed by atoms with E-state index in [4.69, 9.17) is 9.15 Å². The lowest BCUT2D eigenvalue weighted by atomic mass is 10.2. The van der Waals surface area contributed by atoms with Crippen LogP contribution in [0.3, 0.4) is 0 Å². The topological polar surface area (TPSA) is 47.3 Å². The molecule has 0 unspecified atom stereocenters. The van der Waals surface area contributed by atoms with Gasteiger partial charge in [0.15, 0.2) is 5.58 Å². The van der Waals surface area contributed by atoms with Gasteiger partial charge < -0.3 is 14.5 Å². The first-order valence-corrected chi connectivity index (χ1v) is 5.67. The molecule has 1 aromatic carbocycles. The highest BCUT2D eigenvalue weighted by Gasteiger charge is 2.30. The van der Waals surface area contributed by atoms with Gasteiger partial charge in [0, 0.05) is 13.7 Å². The number of aromatic nitrogens is 1. The van der Waals surface area contributed by atoms with Crippen LogP contribution in [0.2, 0.25) is 0 Å². The van der Waals surface area contributed by atoms with Gasteiger partial charge in [-0.15, -0.1) is 0 Å². The number of hydrogen-bond donors (Lipinski definition) is 1. The molecule has 2 aromatic rings. The van der Waals surface area contributed by atoms with Crippen molar-refractivity contribution >= 4 is 11.1 Å². The summed E-state index contributed by atoms with van der Waals surface area (Å²) >= 11 is 0. The third-order valence-corrected chi connectivity index (χ3v) is 2.52. The zero-order valence-electron chi connectivity index (χ0n) is 10.3. The van der Waals surface area contributed by atoms with E-state index in [1.807, 2.05) is 0 Å².